The van der Waals surface area contributed by atoms with Crippen molar-refractivity contribution < 1.29 is 4.74 Å². The summed E-state index contributed by atoms with van der Waals surface area (Å²) in [6.45, 7) is 4.20. The number of aromatic nitrogens is 2. The van der Waals surface area contributed by atoms with Gasteiger partial charge in [-0.25, -0.2) is 4.68 Å². The average molecular weight is 208 g/mol. The van der Waals surface area contributed by atoms with Crippen molar-refractivity contribution in [1.82, 2.24) is 9.78 Å². The van der Waals surface area contributed by atoms with Gasteiger partial charge in [-0.3, -0.25) is 4.79 Å². The topological polar surface area (TPSA) is 44.1 Å². The summed E-state index contributed by atoms with van der Waals surface area (Å²) >= 11 is 0. The summed E-state index contributed by atoms with van der Waals surface area (Å²) in [5.74, 6) is 0.396. The van der Waals surface area contributed by atoms with E-state index in [1.165, 1.54) is 17.5 Å². The molecule has 1 aromatic heterocycles. The van der Waals surface area contributed by atoms with Gasteiger partial charge in [0, 0.05) is 18.5 Å². The van der Waals surface area contributed by atoms with Crippen molar-refractivity contribution in [2.24, 2.45) is 12.5 Å². The van der Waals surface area contributed by atoms with Gasteiger partial charge in [0.2, 0.25) is 0 Å². The van der Waals surface area contributed by atoms with Crippen LogP contribution in [0, 0.1) is 5.41 Å². The third kappa shape index (κ3) is 1.89. The predicted octanol–water partition coefficient (Wildman–Crippen LogP) is 1.35. The highest BCUT2D eigenvalue weighted by Gasteiger charge is 2.44. The van der Waals surface area contributed by atoms with E-state index in [-0.39, 0.29) is 17.1 Å². The second-order valence-corrected chi connectivity index (χ2v) is 4.54. The van der Waals surface area contributed by atoms with Gasteiger partial charge < -0.3 is 4.74 Å². The first-order valence-electron chi connectivity index (χ1n) is 5.22. The molecule has 0 amide bonds. The second-order valence-electron chi connectivity index (χ2n) is 4.54. The lowest BCUT2D eigenvalue weighted by molar-refractivity contribution is 0.143. The summed E-state index contributed by atoms with van der Waals surface area (Å²) < 4.78 is 6.97. The van der Waals surface area contributed by atoms with Crippen molar-refractivity contribution in [2.75, 3.05) is 0 Å². The first kappa shape index (κ1) is 10.2. The number of hydrogen-bond donors (Lipinski definition) is 0. The summed E-state index contributed by atoms with van der Waals surface area (Å²) in [6.07, 6.45) is 4.03. The van der Waals surface area contributed by atoms with Gasteiger partial charge in [-0.2, -0.15) is 5.10 Å². The van der Waals surface area contributed by atoms with E-state index in [0.29, 0.717) is 5.75 Å². The van der Waals surface area contributed by atoms with Crippen LogP contribution in [0.3, 0.4) is 0 Å². The highest BCUT2D eigenvalue weighted by Crippen LogP contribution is 2.48. The summed E-state index contributed by atoms with van der Waals surface area (Å²) in [4.78, 5) is 11.6. The Balaban J connectivity index is 2.17. The fraction of sp³-hybridized carbons (Fsp3) is 0.636. The fourth-order valence-electron chi connectivity index (χ4n) is 1.51. The Hall–Kier alpha value is -1.32. The Labute approximate surface area is 88.9 Å². The minimum absolute atomic E-state index is 0.0904. The summed E-state index contributed by atoms with van der Waals surface area (Å²) in [5, 5.41) is 3.85. The van der Waals surface area contributed by atoms with Crippen molar-refractivity contribution in [3.63, 3.8) is 0 Å². The van der Waals surface area contributed by atoms with Gasteiger partial charge in [-0.15, -0.1) is 0 Å². The highest BCUT2D eigenvalue weighted by molar-refractivity contribution is 5.15. The number of aryl methyl sites for hydroxylation is 1. The minimum Gasteiger partial charge on any atom is -0.484 e. The van der Waals surface area contributed by atoms with Gasteiger partial charge in [0.15, 0.2) is 5.75 Å². The number of hydrogen-bond acceptors (Lipinski definition) is 3. The van der Waals surface area contributed by atoms with Crippen molar-refractivity contribution >= 4 is 0 Å². The van der Waals surface area contributed by atoms with E-state index >= 15 is 0 Å². The lowest BCUT2D eigenvalue weighted by atomic mass is 10.0. The molecule has 0 spiro atoms. The van der Waals surface area contributed by atoms with Crippen LogP contribution in [0.4, 0.5) is 0 Å². The Morgan fingerprint density at radius 1 is 1.60 bits per heavy atom. The third-order valence-electron chi connectivity index (χ3n) is 3.29. The van der Waals surface area contributed by atoms with Crippen LogP contribution in [0.25, 0.3) is 0 Å². The van der Waals surface area contributed by atoms with E-state index < -0.39 is 0 Å². The third-order valence-corrected chi connectivity index (χ3v) is 3.29. The van der Waals surface area contributed by atoms with Gasteiger partial charge >= 0.3 is 5.56 Å². The molecule has 0 aromatic carbocycles. The van der Waals surface area contributed by atoms with Crippen LogP contribution in [0.5, 0.6) is 5.75 Å². The lowest BCUT2D eigenvalue weighted by Crippen LogP contribution is -2.28. The van der Waals surface area contributed by atoms with E-state index in [1.807, 2.05) is 6.92 Å². The summed E-state index contributed by atoms with van der Waals surface area (Å²) in [6, 6.07) is 1.63. The molecule has 1 aliphatic rings. The average Bonchev–Trinajstić information content (AvgIpc) is 2.93. The maximum Gasteiger partial charge on any atom is 0.308 e. The molecule has 1 aromatic rings. The molecule has 1 aliphatic carbocycles. The van der Waals surface area contributed by atoms with Crippen LogP contribution >= 0.6 is 0 Å². The molecule has 0 radical (unpaired) electrons. The van der Waals surface area contributed by atoms with E-state index in [0.717, 1.165) is 0 Å². The van der Waals surface area contributed by atoms with E-state index in [1.54, 1.807) is 19.3 Å². The van der Waals surface area contributed by atoms with Crippen LogP contribution in [0.1, 0.15) is 26.7 Å². The molecule has 1 heterocycles. The van der Waals surface area contributed by atoms with Crippen molar-refractivity contribution in [1.29, 1.82) is 0 Å². The molecule has 2 rings (SSSR count). The number of rotatable bonds is 3. The molecule has 0 bridgehead atoms. The van der Waals surface area contributed by atoms with Gasteiger partial charge in [0.25, 0.3) is 0 Å². The van der Waals surface area contributed by atoms with Crippen LogP contribution < -0.4 is 10.3 Å². The molecule has 82 valence electrons. The standard InChI is InChI=1S/C11H16N2O2/c1-8(11(2)5-6-11)15-9-4-7-12-13(3)10(9)14/h4,7-8H,5-6H2,1-3H3. The minimum atomic E-state index is -0.173. The molecule has 4 heteroatoms. The highest BCUT2D eigenvalue weighted by atomic mass is 16.5. The quantitative estimate of drug-likeness (QED) is 0.753. The first-order valence-corrected chi connectivity index (χ1v) is 5.22. The van der Waals surface area contributed by atoms with E-state index in [4.69, 9.17) is 4.74 Å². The van der Waals surface area contributed by atoms with Gasteiger partial charge in [0.1, 0.15) is 6.10 Å². The second kappa shape index (κ2) is 3.36. The number of nitrogens with zero attached hydrogens (tertiary/aromatic N) is 2. The maximum absolute atomic E-state index is 11.6. The fourth-order valence-corrected chi connectivity index (χ4v) is 1.51. The zero-order valence-corrected chi connectivity index (χ0v) is 9.36. The Morgan fingerprint density at radius 2 is 2.27 bits per heavy atom. The summed E-state index contributed by atoms with van der Waals surface area (Å²) in [5.41, 5.74) is 0.0856. The maximum atomic E-state index is 11.6. The molecular weight excluding hydrogens is 192 g/mol. The molecule has 0 N–H and O–H groups in total. The van der Waals surface area contributed by atoms with Crippen LogP contribution in [0.15, 0.2) is 17.1 Å². The molecule has 1 saturated carbocycles. The molecule has 1 fully saturated rings. The van der Waals surface area contributed by atoms with E-state index in [2.05, 4.69) is 12.0 Å². The molecule has 0 saturated heterocycles. The van der Waals surface area contributed by atoms with Crippen molar-refractivity contribution in [3.05, 3.63) is 22.6 Å². The van der Waals surface area contributed by atoms with Crippen molar-refractivity contribution in [2.45, 2.75) is 32.8 Å². The predicted molar refractivity (Wildman–Crippen MR) is 56.9 cm³/mol. The largest absolute Gasteiger partial charge is 0.484 e. The smallest absolute Gasteiger partial charge is 0.308 e. The molecule has 0 aliphatic heterocycles. The Kier molecular flexibility index (Phi) is 2.29. The Bertz CT molecular complexity index is 421. The van der Waals surface area contributed by atoms with Crippen molar-refractivity contribution in [3.8, 4) is 5.75 Å². The zero-order valence-electron chi connectivity index (χ0n) is 9.36. The molecule has 1 unspecified atom stereocenters. The van der Waals surface area contributed by atoms with Crippen LogP contribution in [-0.4, -0.2) is 15.9 Å². The first-order chi connectivity index (χ1) is 7.03. The van der Waals surface area contributed by atoms with Gasteiger partial charge in [-0.05, 0) is 19.8 Å². The lowest BCUT2D eigenvalue weighted by Gasteiger charge is -2.20. The normalized spacial score (nSPS) is 19.7. The van der Waals surface area contributed by atoms with Crippen LogP contribution in [0.2, 0.25) is 0 Å². The number of ether oxygens (including phenoxy) is 1. The SMILES string of the molecule is CC(Oc1ccnn(C)c1=O)C1(C)CC1. The molecule has 4 nitrogen and oxygen atoms in total. The summed E-state index contributed by atoms with van der Waals surface area (Å²) in [7, 11) is 1.62. The van der Waals surface area contributed by atoms with E-state index in [9.17, 15) is 4.79 Å². The van der Waals surface area contributed by atoms with Crippen LogP contribution in [-0.2, 0) is 7.05 Å². The van der Waals surface area contributed by atoms with Gasteiger partial charge in [0.05, 0.1) is 6.20 Å². The monoisotopic (exact) mass is 208 g/mol. The zero-order chi connectivity index (χ0) is 11.1. The van der Waals surface area contributed by atoms with Gasteiger partial charge in [-0.1, -0.05) is 6.92 Å². The Morgan fingerprint density at radius 3 is 2.87 bits per heavy atom. The molecule has 15 heavy (non-hydrogen) atoms. The molecular formula is C11H16N2O2. The molecule has 1 atom stereocenters.